The number of rotatable bonds is 3. The zero-order valence-electron chi connectivity index (χ0n) is 9.42. The van der Waals surface area contributed by atoms with Crippen LogP contribution >= 0.6 is 22.3 Å². The molecule has 1 aromatic rings. The number of aldehydes is 1. The van der Waals surface area contributed by atoms with E-state index in [1.807, 2.05) is 0 Å². The number of halogens is 2. The Labute approximate surface area is 118 Å². The highest BCUT2D eigenvalue weighted by Crippen LogP contribution is 2.29. The van der Waals surface area contributed by atoms with Crippen LogP contribution in [0.5, 0.6) is 0 Å². The predicted octanol–water partition coefficient (Wildman–Crippen LogP) is 1.22. The topological polar surface area (TPSA) is 84.4 Å². The third-order valence-corrected chi connectivity index (χ3v) is 4.97. The molecule has 9 heteroatoms. The SMILES string of the molecule is O=Cc1c(Cl)ccnc1N1CC(S(=O)(=O)Cl)CC1=O. The maximum atomic E-state index is 11.8. The molecule has 0 radical (unpaired) electrons. The lowest BCUT2D eigenvalue weighted by Gasteiger charge is -2.17. The van der Waals surface area contributed by atoms with Crippen LogP contribution < -0.4 is 4.90 Å². The third-order valence-electron chi connectivity index (χ3n) is 2.78. The van der Waals surface area contributed by atoms with Gasteiger partial charge in [-0.25, -0.2) is 13.4 Å². The molecule has 1 amide bonds. The maximum absolute atomic E-state index is 11.8. The highest BCUT2D eigenvalue weighted by Gasteiger charge is 2.39. The van der Waals surface area contributed by atoms with Gasteiger partial charge in [0.25, 0.3) is 0 Å². The van der Waals surface area contributed by atoms with Crippen molar-refractivity contribution >= 4 is 49.3 Å². The second kappa shape index (κ2) is 5.07. The minimum absolute atomic E-state index is 0.0464. The molecule has 1 unspecified atom stereocenters. The minimum Gasteiger partial charge on any atom is -0.298 e. The van der Waals surface area contributed by atoms with Crippen molar-refractivity contribution in [1.82, 2.24) is 4.98 Å². The van der Waals surface area contributed by atoms with Crippen molar-refractivity contribution in [1.29, 1.82) is 0 Å². The van der Waals surface area contributed by atoms with Crippen LogP contribution in [0.15, 0.2) is 12.3 Å². The maximum Gasteiger partial charge on any atom is 0.237 e. The van der Waals surface area contributed by atoms with Crippen molar-refractivity contribution in [2.24, 2.45) is 0 Å². The Morgan fingerprint density at radius 1 is 1.47 bits per heavy atom. The zero-order chi connectivity index (χ0) is 14.2. The second-order valence-corrected chi connectivity index (χ2v) is 7.27. The number of hydrogen-bond acceptors (Lipinski definition) is 5. The van der Waals surface area contributed by atoms with Crippen LogP contribution in [0.3, 0.4) is 0 Å². The Morgan fingerprint density at radius 3 is 2.68 bits per heavy atom. The number of nitrogens with zero attached hydrogens (tertiary/aromatic N) is 2. The van der Waals surface area contributed by atoms with Gasteiger partial charge in [-0.2, -0.15) is 0 Å². The Bertz CT molecular complexity index is 647. The first-order valence-corrected chi connectivity index (χ1v) is 7.93. The van der Waals surface area contributed by atoms with Crippen LogP contribution in [-0.2, 0) is 13.8 Å². The van der Waals surface area contributed by atoms with E-state index in [0.29, 0.717) is 6.29 Å². The molecule has 0 spiro atoms. The molecule has 1 fully saturated rings. The molecule has 0 aliphatic carbocycles. The first-order valence-electron chi connectivity index (χ1n) is 5.18. The van der Waals surface area contributed by atoms with E-state index in [1.165, 1.54) is 12.3 Å². The van der Waals surface area contributed by atoms with Gasteiger partial charge >= 0.3 is 0 Å². The number of carbonyl (C=O) groups excluding carboxylic acids is 2. The molecule has 0 aromatic carbocycles. The van der Waals surface area contributed by atoms with Gasteiger partial charge in [-0.3, -0.25) is 14.5 Å². The molecule has 6 nitrogen and oxygen atoms in total. The van der Waals surface area contributed by atoms with Crippen molar-refractivity contribution in [3.63, 3.8) is 0 Å². The summed E-state index contributed by atoms with van der Waals surface area (Å²) in [4.78, 5) is 27.8. The number of anilines is 1. The summed E-state index contributed by atoms with van der Waals surface area (Å²) in [6.07, 6.45) is 1.57. The van der Waals surface area contributed by atoms with Gasteiger partial charge in [0.1, 0.15) is 11.1 Å². The molecule has 1 aliphatic rings. The summed E-state index contributed by atoms with van der Waals surface area (Å²) in [5.41, 5.74) is 0.0464. The van der Waals surface area contributed by atoms with Gasteiger partial charge in [-0.15, -0.1) is 0 Å². The van der Waals surface area contributed by atoms with E-state index in [2.05, 4.69) is 4.98 Å². The van der Waals surface area contributed by atoms with E-state index in [0.717, 1.165) is 4.90 Å². The van der Waals surface area contributed by atoms with Crippen LogP contribution in [0.1, 0.15) is 16.8 Å². The molecular formula is C10H8Cl2N2O4S. The van der Waals surface area contributed by atoms with E-state index in [4.69, 9.17) is 22.3 Å². The smallest absolute Gasteiger partial charge is 0.237 e. The number of amides is 1. The van der Waals surface area contributed by atoms with Gasteiger partial charge < -0.3 is 0 Å². The zero-order valence-corrected chi connectivity index (χ0v) is 11.7. The summed E-state index contributed by atoms with van der Waals surface area (Å²) in [6.45, 7) is -0.140. The molecule has 2 heterocycles. The molecule has 102 valence electrons. The molecule has 0 bridgehead atoms. The van der Waals surface area contributed by atoms with Gasteiger partial charge in [0, 0.05) is 29.8 Å². The van der Waals surface area contributed by atoms with Gasteiger partial charge in [0.15, 0.2) is 6.29 Å². The van der Waals surface area contributed by atoms with Crippen molar-refractivity contribution < 1.29 is 18.0 Å². The summed E-state index contributed by atoms with van der Waals surface area (Å²) in [5.74, 6) is -0.414. The standard InChI is InChI=1S/C10H8Cl2N2O4S/c11-8-1-2-13-10(7(8)5-15)14-4-6(3-9(14)16)19(12,17)18/h1-2,5-6H,3-4H2. The largest absolute Gasteiger partial charge is 0.298 e. The molecule has 1 saturated heterocycles. The van der Waals surface area contributed by atoms with Crippen LogP contribution in [0, 0.1) is 0 Å². The molecule has 19 heavy (non-hydrogen) atoms. The summed E-state index contributed by atoms with van der Waals surface area (Å²) >= 11 is 5.83. The molecule has 2 rings (SSSR count). The minimum atomic E-state index is -3.85. The summed E-state index contributed by atoms with van der Waals surface area (Å²) < 4.78 is 22.5. The second-order valence-electron chi connectivity index (χ2n) is 3.95. The molecule has 1 aliphatic heterocycles. The molecule has 1 atom stereocenters. The van der Waals surface area contributed by atoms with Gasteiger partial charge in [-0.1, -0.05) is 11.6 Å². The van der Waals surface area contributed by atoms with Crippen molar-refractivity contribution in [3.05, 3.63) is 22.8 Å². The Hall–Kier alpha value is -1.18. The lowest BCUT2D eigenvalue weighted by Crippen LogP contribution is -2.28. The monoisotopic (exact) mass is 322 g/mol. The Morgan fingerprint density at radius 2 is 2.16 bits per heavy atom. The number of aromatic nitrogens is 1. The Kier molecular flexibility index (Phi) is 3.80. The average Bonchev–Trinajstić information content (AvgIpc) is 2.70. The molecule has 0 N–H and O–H groups in total. The normalized spacial score (nSPS) is 19.8. The highest BCUT2D eigenvalue weighted by molar-refractivity contribution is 8.14. The molecule has 1 aromatic heterocycles. The fraction of sp³-hybridized carbons (Fsp3) is 0.300. The number of hydrogen-bond donors (Lipinski definition) is 0. The molecule has 0 saturated carbocycles. The van der Waals surface area contributed by atoms with Gasteiger partial charge in [-0.05, 0) is 6.07 Å². The molecular weight excluding hydrogens is 315 g/mol. The van der Waals surface area contributed by atoms with E-state index in [1.54, 1.807) is 0 Å². The van der Waals surface area contributed by atoms with Gasteiger partial charge in [0.05, 0.1) is 10.6 Å². The summed E-state index contributed by atoms with van der Waals surface area (Å²) in [6, 6.07) is 1.41. The quantitative estimate of drug-likeness (QED) is 0.617. The lowest BCUT2D eigenvalue weighted by molar-refractivity contribution is -0.117. The van der Waals surface area contributed by atoms with E-state index in [9.17, 15) is 18.0 Å². The van der Waals surface area contributed by atoms with Crippen molar-refractivity contribution in [2.45, 2.75) is 11.7 Å². The third kappa shape index (κ3) is 2.72. The predicted molar refractivity (Wildman–Crippen MR) is 70.2 cm³/mol. The first-order chi connectivity index (χ1) is 8.84. The summed E-state index contributed by atoms with van der Waals surface area (Å²) in [7, 11) is 1.39. The average molecular weight is 323 g/mol. The number of pyridine rings is 1. The van der Waals surface area contributed by atoms with Crippen LogP contribution in [-0.4, -0.2) is 37.4 Å². The van der Waals surface area contributed by atoms with E-state index in [-0.39, 0.29) is 29.4 Å². The first kappa shape index (κ1) is 14.2. The lowest BCUT2D eigenvalue weighted by atomic mass is 10.2. The summed E-state index contributed by atoms with van der Waals surface area (Å²) in [5, 5.41) is -0.869. The fourth-order valence-electron chi connectivity index (χ4n) is 1.83. The number of carbonyl (C=O) groups is 2. The van der Waals surface area contributed by atoms with Crippen molar-refractivity contribution in [3.8, 4) is 0 Å². The van der Waals surface area contributed by atoms with Gasteiger partial charge in [0.2, 0.25) is 15.0 Å². The van der Waals surface area contributed by atoms with E-state index < -0.39 is 20.2 Å². The van der Waals surface area contributed by atoms with Crippen LogP contribution in [0.4, 0.5) is 5.82 Å². The van der Waals surface area contributed by atoms with Crippen LogP contribution in [0.25, 0.3) is 0 Å². The van der Waals surface area contributed by atoms with Crippen molar-refractivity contribution in [2.75, 3.05) is 11.4 Å². The highest BCUT2D eigenvalue weighted by atomic mass is 35.7. The Balaban J connectivity index is 2.42. The van der Waals surface area contributed by atoms with Crippen LogP contribution in [0.2, 0.25) is 5.02 Å². The fourth-order valence-corrected chi connectivity index (χ4v) is 3.04. The van der Waals surface area contributed by atoms with E-state index >= 15 is 0 Å².